The number of nitrogens with zero attached hydrogens (tertiary/aromatic N) is 1. The molecule has 2 nitrogen and oxygen atoms in total. The van der Waals surface area contributed by atoms with Crippen LogP contribution in [-0.4, -0.2) is 29.7 Å². The molecule has 0 amide bonds. The third-order valence-corrected chi connectivity index (χ3v) is 2.93. The van der Waals surface area contributed by atoms with E-state index in [0.29, 0.717) is 6.54 Å². The molecule has 4 heteroatoms. The van der Waals surface area contributed by atoms with Crippen LogP contribution >= 0.6 is 11.6 Å². The second-order valence-corrected chi connectivity index (χ2v) is 4.04. The van der Waals surface area contributed by atoms with Gasteiger partial charge in [-0.1, -0.05) is 30.7 Å². The molecule has 0 aliphatic carbocycles. The zero-order chi connectivity index (χ0) is 12.0. The van der Waals surface area contributed by atoms with Gasteiger partial charge in [0.05, 0.1) is 5.02 Å². The van der Waals surface area contributed by atoms with Crippen molar-refractivity contribution in [3.63, 3.8) is 0 Å². The number of aliphatic hydroxyl groups excluding tert-OH is 1. The fraction of sp³-hybridized carbons (Fsp3) is 0.500. The van der Waals surface area contributed by atoms with E-state index in [1.165, 1.54) is 6.07 Å². The van der Waals surface area contributed by atoms with E-state index in [1.54, 1.807) is 6.07 Å². The van der Waals surface area contributed by atoms with E-state index in [1.807, 2.05) is 13.0 Å². The highest BCUT2D eigenvalue weighted by molar-refractivity contribution is 6.31. The molecule has 0 aromatic heterocycles. The predicted molar refractivity (Wildman–Crippen MR) is 64.1 cm³/mol. The lowest BCUT2D eigenvalue weighted by Crippen LogP contribution is -2.24. The first-order valence-corrected chi connectivity index (χ1v) is 5.83. The van der Waals surface area contributed by atoms with Crippen LogP contribution in [0.4, 0.5) is 4.39 Å². The summed E-state index contributed by atoms with van der Waals surface area (Å²) >= 11 is 5.88. The van der Waals surface area contributed by atoms with E-state index < -0.39 is 0 Å². The summed E-state index contributed by atoms with van der Waals surface area (Å²) in [6.07, 6.45) is 0.723. The van der Waals surface area contributed by atoms with Crippen LogP contribution in [0.1, 0.15) is 18.9 Å². The van der Waals surface area contributed by atoms with Crippen LogP contribution in [0.5, 0.6) is 0 Å². The van der Waals surface area contributed by atoms with E-state index in [2.05, 4.69) is 4.90 Å². The van der Waals surface area contributed by atoms with Gasteiger partial charge in [-0.05, 0) is 24.6 Å². The van der Waals surface area contributed by atoms with Crippen LogP contribution in [0.2, 0.25) is 5.02 Å². The molecule has 0 saturated heterocycles. The molecule has 0 bridgehead atoms. The molecule has 0 atom stereocenters. The van der Waals surface area contributed by atoms with Crippen molar-refractivity contribution in [3.05, 3.63) is 34.6 Å². The molecule has 0 spiro atoms. The molecule has 0 aliphatic heterocycles. The maximum Gasteiger partial charge on any atom is 0.142 e. The van der Waals surface area contributed by atoms with Crippen LogP contribution in [0.25, 0.3) is 0 Å². The highest BCUT2D eigenvalue weighted by atomic mass is 35.5. The lowest BCUT2D eigenvalue weighted by Gasteiger charge is -2.20. The largest absolute Gasteiger partial charge is 0.396 e. The zero-order valence-corrected chi connectivity index (χ0v) is 10.2. The Labute approximate surface area is 101 Å². The molecule has 0 radical (unpaired) electrons. The van der Waals surface area contributed by atoms with Gasteiger partial charge in [-0.2, -0.15) is 0 Å². The molecule has 16 heavy (non-hydrogen) atoms. The van der Waals surface area contributed by atoms with E-state index in [9.17, 15) is 4.39 Å². The summed E-state index contributed by atoms with van der Waals surface area (Å²) in [7, 11) is 0. The molecule has 0 heterocycles. The SMILES string of the molecule is CCN(CCCO)Cc1cccc(F)c1Cl. The Hall–Kier alpha value is -0.640. The van der Waals surface area contributed by atoms with E-state index >= 15 is 0 Å². The Morgan fingerprint density at radius 1 is 1.44 bits per heavy atom. The summed E-state index contributed by atoms with van der Waals surface area (Å²) in [5.74, 6) is -0.377. The standard InChI is InChI=1S/C12H17ClFNO/c1-2-15(7-4-8-16)9-10-5-3-6-11(14)12(10)13/h3,5-6,16H,2,4,7-9H2,1H3. The Balaban J connectivity index is 2.66. The number of hydrogen-bond donors (Lipinski definition) is 1. The highest BCUT2D eigenvalue weighted by Crippen LogP contribution is 2.21. The van der Waals surface area contributed by atoms with E-state index in [-0.39, 0.29) is 17.4 Å². The molecule has 1 rings (SSSR count). The first-order chi connectivity index (χ1) is 7.69. The van der Waals surface area contributed by atoms with Crippen molar-refractivity contribution in [2.45, 2.75) is 19.9 Å². The number of rotatable bonds is 6. The van der Waals surface area contributed by atoms with Crippen molar-refractivity contribution in [2.75, 3.05) is 19.7 Å². The van der Waals surface area contributed by atoms with Gasteiger partial charge in [-0.15, -0.1) is 0 Å². The third kappa shape index (κ3) is 3.74. The Morgan fingerprint density at radius 2 is 2.19 bits per heavy atom. The molecule has 1 aromatic rings. The minimum absolute atomic E-state index is 0.174. The molecule has 90 valence electrons. The summed E-state index contributed by atoms with van der Waals surface area (Å²) in [5, 5.41) is 8.96. The van der Waals surface area contributed by atoms with Crippen LogP contribution < -0.4 is 0 Å². The zero-order valence-electron chi connectivity index (χ0n) is 9.42. The summed E-state index contributed by atoms with van der Waals surface area (Å²) < 4.78 is 13.2. The molecular formula is C12H17ClFNO. The van der Waals surface area contributed by atoms with Crippen molar-refractivity contribution in [1.82, 2.24) is 4.90 Å². The van der Waals surface area contributed by atoms with Gasteiger partial charge in [0.2, 0.25) is 0 Å². The first kappa shape index (κ1) is 13.4. The summed E-state index contributed by atoms with van der Waals surface area (Å²) in [6.45, 7) is 4.47. The first-order valence-electron chi connectivity index (χ1n) is 5.45. The number of hydrogen-bond acceptors (Lipinski definition) is 2. The lowest BCUT2D eigenvalue weighted by molar-refractivity contribution is 0.225. The molecule has 0 unspecified atom stereocenters. The maximum absolute atomic E-state index is 13.2. The van der Waals surface area contributed by atoms with E-state index in [0.717, 1.165) is 25.1 Å². The average molecular weight is 246 g/mol. The normalized spacial score (nSPS) is 11.1. The summed E-state index contributed by atoms with van der Waals surface area (Å²) in [5.41, 5.74) is 0.793. The quantitative estimate of drug-likeness (QED) is 0.833. The number of benzene rings is 1. The lowest BCUT2D eigenvalue weighted by atomic mass is 10.2. The minimum Gasteiger partial charge on any atom is -0.396 e. The second-order valence-electron chi connectivity index (χ2n) is 3.66. The molecule has 1 aromatic carbocycles. The van der Waals surface area contributed by atoms with Crippen molar-refractivity contribution >= 4 is 11.6 Å². The Morgan fingerprint density at radius 3 is 2.81 bits per heavy atom. The van der Waals surface area contributed by atoms with Gasteiger partial charge in [0, 0.05) is 19.7 Å². The van der Waals surface area contributed by atoms with Gasteiger partial charge in [-0.25, -0.2) is 4.39 Å². The van der Waals surface area contributed by atoms with Gasteiger partial charge in [-0.3, -0.25) is 4.90 Å². The van der Waals surface area contributed by atoms with E-state index in [4.69, 9.17) is 16.7 Å². The van der Waals surface area contributed by atoms with Crippen molar-refractivity contribution in [2.24, 2.45) is 0 Å². The number of halogens is 2. The highest BCUT2D eigenvalue weighted by Gasteiger charge is 2.09. The fourth-order valence-corrected chi connectivity index (χ4v) is 1.74. The van der Waals surface area contributed by atoms with Crippen LogP contribution in [-0.2, 0) is 6.54 Å². The predicted octanol–water partition coefficient (Wildman–Crippen LogP) is 2.68. The van der Waals surface area contributed by atoms with Crippen LogP contribution in [0.15, 0.2) is 18.2 Å². The third-order valence-electron chi connectivity index (χ3n) is 2.51. The Kier molecular flexibility index (Phi) is 5.74. The number of aliphatic hydroxyl groups is 1. The topological polar surface area (TPSA) is 23.5 Å². The maximum atomic E-state index is 13.2. The monoisotopic (exact) mass is 245 g/mol. The molecule has 0 aliphatic rings. The van der Waals surface area contributed by atoms with Gasteiger partial charge in [0.25, 0.3) is 0 Å². The average Bonchev–Trinajstić information content (AvgIpc) is 2.30. The van der Waals surface area contributed by atoms with Gasteiger partial charge >= 0.3 is 0 Å². The second kappa shape index (κ2) is 6.84. The molecular weight excluding hydrogens is 229 g/mol. The minimum atomic E-state index is -0.377. The van der Waals surface area contributed by atoms with Gasteiger partial charge < -0.3 is 5.11 Å². The van der Waals surface area contributed by atoms with Crippen molar-refractivity contribution in [3.8, 4) is 0 Å². The molecule has 1 N–H and O–H groups in total. The molecule has 0 saturated carbocycles. The van der Waals surface area contributed by atoms with Gasteiger partial charge in [0.1, 0.15) is 5.82 Å². The molecule has 0 fully saturated rings. The smallest absolute Gasteiger partial charge is 0.142 e. The van der Waals surface area contributed by atoms with Crippen molar-refractivity contribution in [1.29, 1.82) is 0 Å². The Bertz CT molecular complexity index is 333. The van der Waals surface area contributed by atoms with Gasteiger partial charge in [0.15, 0.2) is 0 Å². The van der Waals surface area contributed by atoms with Crippen LogP contribution in [0, 0.1) is 5.82 Å². The van der Waals surface area contributed by atoms with Crippen molar-refractivity contribution < 1.29 is 9.50 Å². The summed E-state index contributed by atoms with van der Waals surface area (Å²) in [6, 6.07) is 4.85. The van der Waals surface area contributed by atoms with Crippen LogP contribution in [0.3, 0.4) is 0 Å². The summed E-state index contributed by atoms with van der Waals surface area (Å²) in [4.78, 5) is 2.12. The fourth-order valence-electron chi connectivity index (χ4n) is 1.55.